The van der Waals surface area contributed by atoms with Crippen molar-refractivity contribution in [3.8, 4) is 0 Å². The predicted molar refractivity (Wildman–Crippen MR) is 97.1 cm³/mol. The number of rotatable bonds is 3. The molecule has 1 aromatic heterocycles. The molecule has 3 atom stereocenters. The monoisotopic (exact) mass is 348 g/mol. The Hall–Kier alpha value is -0.950. The van der Waals surface area contributed by atoms with Crippen molar-refractivity contribution in [3.05, 3.63) is 22.4 Å². The zero-order valence-corrected chi connectivity index (χ0v) is 15.5. The number of carbonyl (C=O) groups excluding carboxylic acids is 1. The lowest BCUT2D eigenvalue weighted by atomic mass is 10.0. The number of thiophene rings is 1. The molecule has 5 nitrogen and oxygen atoms in total. The van der Waals surface area contributed by atoms with Gasteiger partial charge in [-0.2, -0.15) is 11.3 Å². The van der Waals surface area contributed by atoms with Gasteiger partial charge in [0.15, 0.2) is 0 Å². The van der Waals surface area contributed by atoms with E-state index in [0.717, 1.165) is 52.2 Å². The van der Waals surface area contributed by atoms with Crippen LogP contribution < -0.4 is 0 Å². The Morgan fingerprint density at radius 3 is 2.67 bits per heavy atom. The molecule has 24 heavy (non-hydrogen) atoms. The third-order valence-corrected chi connectivity index (χ3v) is 6.84. The Morgan fingerprint density at radius 2 is 2.00 bits per heavy atom. The topological polar surface area (TPSA) is 30.0 Å². The summed E-state index contributed by atoms with van der Waals surface area (Å²) in [5.74, 6) is 1.01. The molecule has 0 unspecified atom stereocenters. The first kappa shape index (κ1) is 16.5. The first-order valence-electron chi connectivity index (χ1n) is 9.04. The summed E-state index contributed by atoms with van der Waals surface area (Å²) < 4.78 is 0. The Labute approximate surface area is 148 Å². The SMILES string of the molecule is CN1CCN(C(=O)[C@H]2C[C@@H]3CN(Cc4ccsc4)C[C@@H]3N2C)CC1. The number of fused-ring (bicyclic) bond motifs is 1. The molecule has 1 aromatic rings. The van der Waals surface area contributed by atoms with Gasteiger partial charge in [-0.3, -0.25) is 14.6 Å². The van der Waals surface area contributed by atoms with Crippen LogP contribution >= 0.6 is 11.3 Å². The maximum absolute atomic E-state index is 12.9. The maximum Gasteiger partial charge on any atom is 0.240 e. The van der Waals surface area contributed by atoms with E-state index in [1.165, 1.54) is 5.56 Å². The highest BCUT2D eigenvalue weighted by Crippen LogP contribution is 2.36. The van der Waals surface area contributed by atoms with Crippen molar-refractivity contribution in [1.82, 2.24) is 19.6 Å². The standard InChI is InChI=1S/C18H28N4OS/c1-19-4-6-22(7-5-19)18(23)16-9-15-11-21(12-17(15)20(16)2)10-14-3-8-24-13-14/h3,8,13,15-17H,4-7,9-12H2,1-2H3/t15-,16-,17+/m1/s1. The summed E-state index contributed by atoms with van der Waals surface area (Å²) in [6, 6.07) is 2.87. The quantitative estimate of drug-likeness (QED) is 0.816. The molecule has 0 aromatic carbocycles. The lowest BCUT2D eigenvalue weighted by Crippen LogP contribution is -2.53. The van der Waals surface area contributed by atoms with E-state index < -0.39 is 0 Å². The summed E-state index contributed by atoms with van der Waals surface area (Å²) in [4.78, 5) is 22.3. The van der Waals surface area contributed by atoms with Gasteiger partial charge in [-0.15, -0.1) is 0 Å². The van der Waals surface area contributed by atoms with E-state index in [1.54, 1.807) is 11.3 Å². The van der Waals surface area contributed by atoms with Crippen LogP contribution in [0, 0.1) is 5.92 Å². The molecule has 0 N–H and O–H groups in total. The normalized spacial score (nSPS) is 32.4. The van der Waals surface area contributed by atoms with E-state index in [0.29, 0.717) is 17.9 Å². The molecule has 4 rings (SSSR count). The molecule has 6 heteroatoms. The largest absolute Gasteiger partial charge is 0.339 e. The smallest absolute Gasteiger partial charge is 0.240 e. The second-order valence-corrected chi connectivity index (χ2v) is 8.48. The highest BCUT2D eigenvalue weighted by atomic mass is 32.1. The minimum atomic E-state index is 0.103. The van der Waals surface area contributed by atoms with Crippen LogP contribution in [0.5, 0.6) is 0 Å². The van der Waals surface area contributed by atoms with E-state index in [4.69, 9.17) is 0 Å². The molecule has 0 radical (unpaired) electrons. The number of hydrogen-bond donors (Lipinski definition) is 0. The Morgan fingerprint density at radius 1 is 1.21 bits per heavy atom. The van der Waals surface area contributed by atoms with Crippen molar-refractivity contribution >= 4 is 17.2 Å². The van der Waals surface area contributed by atoms with Crippen molar-refractivity contribution in [2.24, 2.45) is 5.92 Å². The zero-order valence-electron chi connectivity index (χ0n) is 14.7. The van der Waals surface area contributed by atoms with E-state index >= 15 is 0 Å². The molecule has 132 valence electrons. The van der Waals surface area contributed by atoms with E-state index in [1.807, 2.05) is 0 Å². The predicted octanol–water partition coefficient (Wildman–Crippen LogP) is 1.03. The summed E-state index contributed by atoms with van der Waals surface area (Å²) in [6.07, 6.45) is 1.03. The number of piperazine rings is 1. The summed E-state index contributed by atoms with van der Waals surface area (Å²) in [5, 5.41) is 4.40. The van der Waals surface area contributed by atoms with Gasteiger partial charge in [0.1, 0.15) is 0 Å². The number of likely N-dealkylation sites (tertiary alicyclic amines) is 2. The van der Waals surface area contributed by atoms with Gasteiger partial charge in [-0.05, 0) is 48.8 Å². The molecule has 0 aliphatic carbocycles. The first-order chi connectivity index (χ1) is 11.6. The fourth-order valence-electron chi connectivity index (χ4n) is 4.60. The molecule has 3 fully saturated rings. The van der Waals surface area contributed by atoms with Gasteiger partial charge in [0, 0.05) is 51.9 Å². The molecular formula is C18H28N4OS. The van der Waals surface area contributed by atoms with Crippen molar-refractivity contribution in [2.45, 2.75) is 25.0 Å². The minimum absolute atomic E-state index is 0.103. The Bertz CT molecular complexity index is 570. The lowest BCUT2D eigenvalue weighted by Gasteiger charge is -2.36. The van der Waals surface area contributed by atoms with Crippen LogP contribution in [0.4, 0.5) is 0 Å². The van der Waals surface area contributed by atoms with Crippen molar-refractivity contribution < 1.29 is 4.79 Å². The Kier molecular flexibility index (Phi) is 4.64. The van der Waals surface area contributed by atoms with Gasteiger partial charge in [-0.25, -0.2) is 0 Å². The van der Waals surface area contributed by atoms with Crippen molar-refractivity contribution in [1.29, 1.82) is 0 Å². The fourth-order valence-corrected chi connectivity index (χ4v) is 5.26. The summed E-state index contributed by atoms with van der Waals surface area (Å²) in [6.45, 7) is 7.08. The summed E-state index contributed by atoms with van der Waals surface area (Å²) >= 11 is 1.77. The molecule has 3 aliphatic rings. The van der Waals surface area contributed by atoms with Gasteiger partial charge < -0.3 is 9.80 Å². The second-order valence-electron chi connectivity index (χ2n) is 7.70. The van der Waals surface area contributed by atoms with Crippen LogP contribution in [-0.2, 0) is 11.3 Å². The lowest BCUT2D eigenvalue weighted by molar-refractivity contribution is -0.137. The van der Waals surface area contributed by atoms with Crippen molar-refractivity contribution in [2.75, 3.05) is 53.4 Å². The molecule has 0 saturated carbocycles. The van der Waals surface area contributed by atoms with Crippen LogP contribution in [0.15, 0.2) is 16.8 Å². The highest BCUT2D eigenvalue weighted by molar-refractivity contribution is 7.07. The average molecular weight is 349 g/mol. The van der Waals surface area contributed by atoms with Gasteiger partial charge in [0.25, 0.3) is 0 Å². The van der Waals surface area contributed by atoms with Crippen LogP contribution in [0.3, 0.4) is 0 Å². The third kappa shape index (κ3) is 3.12. The van der Waals surface area contributed by atoms with Gasteiger partial charge in [0.05, 0.1) is 6.04 Å². The molecule has 0 spiro atoms. The summed E-state index contributed by atoms with van der Waals surface area (Å²) in [7, 11) is 4.30. The van der Waals surface area contributed by atoms with Crippen LogP contribution in [0.1, 0.15) is 12.0 Å². The van der Waals surface area contributed by atoms with Crippen LogP contribution in [0.2, 0.25) is 0 Å². The molecule has 3 aliphatic heterocycles. The number of carbonyl (C=O) groups is 1. The fraction of sp³-hybridized carbons (Fsp3) is 0.722. The number of likely N-dealkylation sites (N-methyl/N-ethyl adjacent to an activating group) is 2. The van der Waals surface area contributed by atoms with Gasteiger partial charge >= 0.3 is 0 Å². The van der Waals surface area contributed by atoms with Gasteiger partial charge in [0.2, 0.25) is 5.91 Å². The molecular weight excluding hydrogens is 320 g/mol. The maximum atomic E-state index is 12.9. The zero-order chi connectivity index (χ0) is 16.7. The highest BCUT2D eigenvalue weighted by Gasteiger charge is 2.47. The molecule has 0 bridgehead atoms. The number of hydrogen-bond acceptors (Lipinski definition) is 5. The van der Waals surface area contributed by atoms with E-state index in [2.05, 4.69) is 50.5 Å². The van der Waals surface area contributed by atoms with E-state index in [9.17, 15) is 4.79 Å². The first-order valence-corrected chi connectivity index (χ1v) is 9.99. The Balaban J connectivity index is 1.34. The van der Waals surface area contributed by atoms with Gasteiger partial charge in [-0.1, -0.05) is 0 Å². The average Bonchev–Trinajstić information content (AvgIpc) is 3.27. The molecule has 1 amide bonds. The van der Waals surface area contributed by atoms with Crippen LogP contribution in [0.25, 0.3) is 0 Å². The van der Waals surface area contributed by atoms with Crippen LogP contribution in [-0.4, -0.2) is 91.0 Å². The minimum Gasteiger partial charge on any atom is -0.339 e. The summed E-state index contributed by atoms with van der Waals surface area (Å²) in [5.41, 5.74) is 1.42. The molecule has 4 heterocycles. The van der Waals surface area contributed by atoms with Crippen molar-refractivity contribution in [3.63, 3.8) is 0 Å². The second kappa shape index (κ2) is 6.75. The number of amides is 1. The van der Waals surface area contributed by atoms with E-state index in [-0.39, 0.29) is 6.04 Å². The third-order valence-electron chi connectivity index (χ3n) is 6.11. The number of nitrogens with zero attached hydrogens (tertiary/aromatic N) is 4. The molecule has 3 saturated heterocycles.